The Labute approximate surface area is 111 Å². The summed E-state index contributed by atoms with van der Waals surface area (Å²) < 4.78 is 1.18. The quantitative estimate of drug-likeness (QED) is 0.905. The van der Waals surface area contributed by atoms with Crippen LogP contribution in [0.25, 0.3) is 0 Å². The molecule has 16 heavy (non-hydrogen) atoms. The van der Waals surface area contributed by atoms with Crippen molar-refractivity contribution in [3.63, 3.8) is 0 Å². The van der Waals surface area contributed by atoms with Crippen LogP contribution in [0.4, 0.5) is 0 Å². The fourth-order valence-electron chi connectivity index (χ4n) is 1.81. The van der Waals surface area contributed by atoms with E-state index >= 15 is 0 Å². The number of thiophene rings is 1. The number of halogens is 1. The molecule has 0 fully saturated rings. The average Bonchev–Trinajstić information content (AvgIpc) is 2.62. The van der Waals surface area contributed by atoms with E-state index in [1.54, 1.807) is 11.3 Å². The van der Waals surface area contributed by atoms with Crippen LogP contribution in [-0.2, 0) is 6.42 Å². The van der Waals surface area contributed by atoms with Gasteiger partial charge in [0.1, 0.15) is 0 Å². The summed E-state index contributed by atoms with van der Waals surface area (Å²) in [6, 6.07) is 4.41. The first-order valence-corrected chi connectivity index (χ1v) is 7.18. The molecule has 0 aliphatic carbocycles. The maximum atomic E-state index is 6.35. The van der Waals surface area contributed by atoms with Crippen molar-refractivity contribution in [1.82, 2.24) is 4.90 Å². The number of nitrogens with two attached hydrogens (primary N) is 1. The van der Waals surface area contributed by atoms with Crippen LogP contribution in [-0.4, -0.2) is 30.6 Å². The van der Waals surface area contributed by atoms with Crippen LogP contribution in [0, 0.1) is 0 Å². The Bertz CT molecular complexity index is 338. The van der Waals surface area contributed by atoms with Gasteiger partial charge in [0.15, 0.2) is 0 Å². The van der Waals surface area contributed by atoms with Crippen molar-refractivity contribution in [3.8, 4) is 0 Å². The van der Waals surface area contributed by atoms with Gasteiger partial charge in [-0.25, -0.2) is 0 Å². The Kier molecular flexibility index (Phi) is 4.98. The molecule has 0 spiro atoms. The highest BCUT2D eigenvalue weighted by Crippen LogP contribution is 2.27. The minimum Gasteiger partial charge on any atom is -0.326 e. The van der Waals surface area contributed by atoms with Crippen molar-refractivity contribution < 1.29 is 0 Å². The van der Waals surface area contributed by atoms with Gasteiger partial charge in [0.25, 0.3) is 0 Å². The maximum absolute atomic E-state index is 6.35. The van der Waals surface area contributed by atoms with Crippen molar-refractivity contribution in [1.29, 1.82) is 0 Å². The van der Waals surface area contributed by atoms with Crippen molar-refractivity contribution in [2.75, 3.05) is 14.1 Å². The van der Waals surface area contributed by atoms with Gasteiger partial charge in [0.05, 0.1) is 3.79 Å². The summed E-state index contributed by atoms with van der Waals surface area (Å²) in [6.07, 6.45) is 2.01. The van der Waals surface area contributed by atoms with E-state index in [1.807, 2.05) is 0 Å². The molecule has 0 saturated carbocycles. The van der Waals surface area contributed by atoms with Crippen LogP contribution < -0.4 is 5.73 Å². The second-order valence-electron chi connectivity index (χ2n) is 4.62. The number of hydrogen-bond acceptors (Lipinski definition) is 3. The zero-order valence-electron chi connectivity index (χ0n) is 10.5. The van der Waals surface area contributed by atoms with E-state index in [9.17, 15) is 0 Å². The molecule has 1 heterocycles. The molecule has 2 atom stereocenters. The molecule has 2 nitrogen and oxygen atoms in total. The van der Waals surface area contributed by atoms with E-state index < -0.39 is 0 Å². The van der Waals surface area contributed by atoms with Crippen LogP contribution >= 0.6 is 27.3 Å². The molecule has 1 rings (SSSR count). The molecule has 92 valence electrons. The van der Waals surface area contributed by atoms with Gasteiger partial charge in [-0.3, -0.25) is 0 Å². The second kappa shape index (κ2) is 5.63. The SMILES string of the molecule is CCC(C)(C(N)Cc1ccc(Br)s1)N(C)C. The van der Waals surface area contributed by atoms with Crippen molar-refractivity contribution in [2.24, 2.45) is 5.73 Å². The van der Waals surface area contributed by atoms with Crippen molar-refractivity contribution in [3.05, 3.63) is 20.8 Å². The van der Waals surface area contributed by atoms with Crippen LogP contribution in [0.5, 0.6) is 0 Å². The molecular formula is C12H21BrN2S. The Morgan fingerprint density at radius 1 is 1.50 bits per heavy atom. The molecule has 1 aromatic rings. The largest absolute Gasteiger partial charge is 0.326 e. The molecule has 2 unspecified atom stereocenters. The maximum Gasteiger partial charge on any atom is 0.0701 e. The van der Waals surface area contributed by atoms with Crippen LogP contribution in [0.15, 0.2) is 15.9 Å². The smallest absolute Gasteiger partial charge is 0.0701 e. The molecule has 4 heteroatoms. The second-order valence-corrected chi connectivity index (χ2v) is 7.17. The molecule has 0 aliphatic rings. The predicted octanol–water partition coefficient (Wildman–Crippen LogP) is 3.11. The van der Waals surface area contributed by atoms with Crippen molar-refractivity contribution in [2.45, 2.75) is 38.3 Å². The Morgan fingerprint density at radius 2 is 2.12 bits per heavy atom. The lowest BCUT2D eigenvalue weighted by molar-refractivity contribution is 0.131. The summed E-state index contributed by atoms with van der Waals surface area (Å²) in [6.45, 7) is 4.44. The predicted molar refractivity (Wildman–Crippen MR) is 76.1 cm³/mol. The summed E-state index contributed by atoms with van der Waals surface area (Å²) in [5.74, 6) is 0. The number of nitrogens with zero attached hydrogens (tertiary/aromatic N) is 1. The van der Waals surface area contributed by atoms with E-state index in [2.05, 4.69) is 60.9 Å². The normalized spacial score (nSPS) is 17.4. The molecule has 0 amide bonds. The van der Waals surface area contributed by atoms with Crippen molar-refractivity contribution >= 4 is 27.3 Å². The highest BCUT2D eigenvalue weighted by atomic mass is 79.9. The molecule has 2 N–H and O–H groups in total. The standard InChI is InChI=1S/C12H21BrN2S/c1-5-12(2,15(3)4)10(14)8-9-6-7-11(13)16-9/h6-7,10H,5,8,14H2,1-4H3. The van der Waals surface area contributed by atoms with Crippen LogP contribution in [0.1, 0.15) is 25.1 Å². The van der Waals surface area contributed by atoms with E-state index in [1.165, 1.54) is 8.66 Å². The molecule has 0 radical (unpaired) electrons. The first kappa shape index (κ1) is 14.2. The average molecular weight is 305 g/mol. The number of rotatable bonds is 5. The zero-order valence-corrected chi connectivity index (χ0v) is 12.9. The number of likely N-dealkylation sites (N-methyl/N-ethyl adjacent to an activating group) is 1. The third-order valence-corrected chi connectivity index (χ3v) is 5.23. The van der Waals surface area contributed by atoms with E-state index in [0.29, 0.717) is 0 Å². The van der Waals surface area contributed by atoms with E-state index in [4.69, 9.17) is 5.73 Å². The van der Waals surface area contributed by atoms with Gasteiger partial charge >= 0.3 is 0 Å². The summed E-state index contributed by atoms with van der Waals surface area (Å²) in [4.78, 5) is 3.58. The van der Waals surface area contributed by atoms with Gasteiger partial charge in [0, 0.05) is 16.5 Å². The molecular weight excluding hydrogens is 284 g/mol. The third kappa shape index (κ3) is 3.06. The first-order valence-electron chi connectivity index (χ1n) is 5.57. The summed E-state index contributed by atoms with van der Waals surface area (Å²) in [7, 11) is 4.21. The molecule has 1 aromatic heterocycles. The van der Waals surface area contributed by atoms with Gasteiger partial charge in [-0.1, -0.05) is 6.92 Å². The fourth-order valence-corrected chi connectivity index (χ4v) is 3.35. The minimum atomic E-state index is 0.0659. The monoisotopic (exact) mass is 304 g/mol. The van der Waals surface area contributed by atoms with Gasteiger partial charge in [-0.15, -0.1) is 11.3 Å². The lowest BCUT2D eigenvalue weighted by Gasteiger charge is -2.40. The Morgan fingerprint density at radius 3 is 2.50 bits per heavy atom. The Hall–Kier alpha value is 0.1000. The van der Waals surface area contributed by atoms with Gasteiger partial charge in [0.2, 0.25) is 0 Å². The lowest BCUT2D eigenvalue weighted by atomic mass is 9.86. The molecule has 0 aliphatic heterocycles. The highest BCUT2D eigenvalue weighted by molar-refractivity contribution is 9.11. The van der Waals surface area contributed by atoms with E-state index in [0.717, 1.165) is 12.8 Å². The van der Waals surface area contributed by atoms with Gasteiger partial charge < -0.3 is 10.6 Å². The first-order chi connectivity index (χ1) is 7.40. The fraction of sp³-hybridized carbons (Fsp3) is 0.667. The van der Waals surface area contributed by atoms with Gasteiger partial charge in [-0.2, -0.15) is 0 Å². The number of hydrogen-bond donors (Lipinski definition) is 1. The van der Waals surface area contributed by atoms with Gasteiger partial charge in [-0.05, 0) is 61.9 Å². The minimum absolute atomic E-state index is 0.0659. The highest BCUT2D eigenvalue weighted by Gasteiger charge is 2.32. The molecule has 0 aromatic carbocycles. The lowest BCUT2D eigenvalue weighted by Crippen LogP contribution is -2.55. The third-order valence-electron chi connectivity index (χ3n) is 3.59. The summed E-state index contributed by atoms with van der Waals surface area (Å²) in [5.41, 5.74) is 6.42. The molecule has 0 bridgehead atoms. The Balaban J connectivity index is 2.73. The zero-order chi connectivity index (χ0) is 12.3. The molecule has 0 saturated heterocycles. The summed E-state index contributed by atoms with van der Waals surface area (Å²) >= 11 is 5.26. The summed E-state index contributed by atoms with van der Waals surface area (Å²) in [5, 5.41) is 0. The van der Waals surface area contributed by atoms with Crippen LogP contribution in [0.2, 0.25) is 0 Å². The van der Waals surface area contributed by atoms with Crippen LogP contribution in [0.3, 0.4) is 0 Å². The van der Waals surface area contributed by atoms with E-state index in [-0.39, 0.29) is 11.6 Å². The topological polar surface area (TPSA) is 29.3 Å².